The Labute approximate surface area is 165 Å². The van der Waals surface area contributed by atoms with Gasteiger partial charge in [-0.25, -0.2) is 13.8 Å². The summed E-state index contributed by atoms with van der Waals surface area (Å²) in [7, 11) is 1.80. The minimum absolute atomic E-state index is 0.279. The van der Waals surface area contributed by atoms with Crippen LogP contribution < -0.4 is 10.6 Å². The molecule has 1 amide bonds. The predicted molar refractivity (Wildman–Crippen MR) is 103 cm³/mol. The first-order valence-corrected chi connectivity index (χ1v) is 9.21. The van der Waals surface area contributed by atoms with Gasteiger partial charge in [-0.05, 0) is 35.4 Å². The third-order valence-corrected chi connectivity index (χ3v) is 5.45. The summed E-state index contributed by atoms with van der Waals surface area (Å²) in [5, 5.41) is 10.3. The van der Waals surface area contributed by atoms with Gasteiger partial charge in [-0.15, -0.1) is 0 Å². The lowest BCUT2D eigenvalue weighted by molar-refractivity contribution is 0.0958. The number of hydrogen-bond acceptors (Lipinski definition) is 4. The first kappa shape index (κ1) is 17.5. The molecule has 0 saturated heterocycles. The number of nitrogens with zero attached hydrogens (tertiary/aromatic N) is 3. The molecule has 6 nitrogen and oxygen atoms in total. The minimum atomic E-state index is -0.502. The molecule has 5 rings (SSSR count). The van der Waals surface area contributed by atoms with E-state index in [1.165, 1.54) is 30.6 Å². The number of halogens is 2. The highest BCUT2D eigenvalue weighted by Crippen LogP contribution is 2.50. The Bertz CT molecular complexity index is 1150. The number of aryl methyl sites for hydroxylation is 1. The zero-order valence-corrected chi connectivity index (χ0v) is 15.5. The van der Waals surface area contributed by atoms with E-state index in [0.717, 1.165) is 11.1 Å². The van der Waals surface area contributed by atoms with E-state index in [1.54, 1.807) is 23.9 Å². The number of rotatable bonds is 2. The van der Waals surface area contributed by atoms with E-state index in [9.17, 15) is 13.6 Å². The Morgan fingerprint density at radius 2 is 1.93 bits per heavy atom. The van der Waals surface area contributed by atoms with Gasteiger partial charge in [-0.2, -0.15) is 5.10 Å². The van der Waals surface area contributed by atoms with Gasteiger partial charge in [-0.3, -0.25) is 9.48 Å². The molecule has 0 saturated carbocycles. The van der Waals surface area contributed by atoms with Gasteiger partial charge in [0, 0.05) is 24.8 Å². The van der Waals surface area contributed by atoms with Crippen molar-refractivity contribution in [3.63, 3.8) is 0 Å². The third-order valence-electron chi connectivity index (χ3n) is 5.45. The van der Waals surface area contributed by atoms with Crippen molar-refractivity contribution >= 4 is 17.2 Å². The fourth-order valence-electron chi connectivity index (χ4n) is 4.20. The standard InChI is InChI=1S/C21H17F2N5O/c1-28-20(25-10-26-28)18-14-6-7-24-21(29)15-8-13(23)9-16(17(14)15)27-19(18)11-2-4-12(22)5-3-11/h2-6,8-10,18-19,27H,7H2,1H3,(H,24,29). The van der Waals surface area contributed by atoms with Crippen LogP contribution in [0.15, 0.2) is 48.8 Å². The number of hydrogen-bond donors (Lipinski definition) is 2. The van der Waals surface area contributed by atoms with Crippen molar-refractivity contribution in [3.05, 3.63) is 83.0 Å². The minimum Gasteiger partial charge on any atom is -0.377 e. The van der Waals surface area contributed by atoms with E-state index < -0.39 is 5.82 Å². The first-order valence-electron chi connectivity index (χ1n) is 9.21. The molecule has 2 aromatic carbocycles. The van der Waals surface area contributed by atoms with E-state index in [0.29, 0.717) is 23.6 Å². The van der Waals surface area contributed by atoms with Crippen molar-refractivity contribution < 1.29 is 13.6 Å². The Morgan fingerprint density at radius 1 is 1.14 bits per heavy atom. The van der Waals surface area contributed by atoms with E-state index in [-0.39, 0.29) is 29.2 Å². The SMILES string of the molecule is Cn1ncnc1C1C2=CCNC(=O)c3cc(F)cc(c32)NC1c1ccc(F)cc1. The molecule has 2 atom stereocenters. The normalized spacial score (nSPS) is 20.2. The summed E-state index contributed by atoms with van der Waals surface area (Å²) < 4.78 is 29.5. The van der Waals surface area contributed by atoms with Crippen LogP contribution in [0, 0.1) is 11.6 Å². The Kier molecular flexibility index (Phi) is 3.94. The molecule has 2 aliphatic heterocycles. The number of aromatic nitrogens is 3. The van der Waals surface area contributed by atoms with E-state index >= 15 is 0 Å². The van der Waals surface area contributed by atoms with E-state index in [1.807, 2.05) is 6.08 Å². The molecular formula is C21H17F2N5O. The first-order chi connectivity index (χ1) is 14.0. The topological polar surface area (TPSA) is 71.8 Å². The summed E-state index contributed by atoms with van der Waals surface area (Å²) in [6.45, 7) is 0.314. The van der Waals surface area contributed by atoms with Gasteiger partial charge >= 0.3 is 0 Å². The number of benzene rings is 2. The zero-order chi connectivity index (χ0) is 20.1. The van der Waals surface area contributed by atoms with Gasteiger partial charge in [0.2, 0.25) is 0 Å². The highest BCUT2D eigenvalue weighted by atomic mass is 19.1. The summed E-state index contributed by atoms with van der Waals surface area (Å²) in [5.74, 6) is -0.786. The predicted octanol–water partition coefficient (Wildman–Crippen LogP) is 3.17. The quantitative estimate of drug-likeness (QED) is 0.702. The van der Waals surface area contributed by atoms with Crippen molar-refractivity contribution in [2.24, 2.45) is 7.05 Å². The molecule has 146 valence electrons. The van der Waals surface area contributed by atoms with Crippen LogP contribution in [0.1, 0.15) is 39.3 Å². The maximum atomic E-state index is 14.3. The molecule has 2 aliphatic rings. The fourth-order valence-corrected chi connectivity index (χ4v) is 4.20. The lowest BCUT2D eigenvalue weighted by Crippen LogP contribution is -2.29. The van der Waals surface area contributed by atoms with Crippen molar-refractivity contribution in [2.45, 2.75) is 12.0 Å². The second kappa shape index (κ2) is 6.51. The number of nitrogens with one attached hydrogen (secondary N) is 2. The maximum absolute atomic E-state index is 14.3. The molecule has 29 heavy (non-hydrogen) atoms. The molecule has 0 radical (unpaired) electrons. The molecule has 0 bridgehead atoms. The number of carbonyl (C=O) groups excluding carboxylic acids is 1. The molecule has 3 aromatic rings. The van der Waals surface area contributed by atoms with Crippen molar-refractivity contribution in [2.75, 3.05) is 11.9 Å². The van der Waals surface area contributed by atoms with Gasteiger partial charge in [0.1, 0.15) is 23.8 Å². The fraction of sp³-hybridized carbons (Fsp3) is 0.190. The van der Waals surface area contributed by atoms with E-state index in [4.69, 9.17) is 0 Å². The van der Waals surface area contributed by atoms with Gasteiger partial charge in [-0.1, -0.05) is 18.2 Å². The average molecular weight is 393 g/mol. The second-order valence-corrected chi connectivity index (χ2v) is 7.14. The largest absolute Gasteiger partial charge is 0.377 e. The molecular weight excluding hydrogens is 376 g/mol. The van der Waals surface area contributed by atoms with Crippen LogP contribution in [0.3, 0.4) is 0 Å². The van der Waals surface area contributed by atoms with Crippen molar-refractivity contribution in [1.29, 1.82) is 0 Å². The highest BCUT2D eigenvalue weighted by molar-refractivity contribution is 6.04. The number of carbonyl (C=O) groups is 1. The summed E-state index contributed by atoms with van der Waals surface area (Å²) >= 11 is 0. The lowest BCUT2D eigenvalue weighted by atomic mass is 9.77. The van der Waals surface area contributed by atoms with Gasteiger partial charge in [0.25, 0.3) is 5.91 Å². The summed E-state index contributed by atoms with van der Waals surface area (Å²) in [5.41, 5.74) is 3.14. The molecule has 8 heteroatoms. The molecule has 2 N–H and O–H groups in total. The molecule has 2 unspecified atom stereocenters. The monoisotopic (exact) mass is 393 g/mol. The third kappa shape index (κ3) is 2.79. The molecule has 1 aromatic heterocycles. The van der Waals surface area contributed by atoms with Crippen LogP contribution in [0.5, 0.6) is 0 Å². The summed E-state index contributed by atoms with van der Waals surface area (Å²) in [4.78, 5) is 17.0. The smallest absolute Gasteiger partial charge is 0.252 e. The van der Waals surface area contributed by atoms with Gasteiger partial charge in [0.15, 0.2) is 0 Å². The number of amides is 1. The zero-order valence-electron chi connectivity index (χ0n) is 15.5. The average Bonchev–Trinajstić information content (AvgIpc) is 3.05. The van der Waals surface area contributed by atoms with Crippen LogP contribution in [0.4, 0.5) is 14.5 Å². The van der Waals surface area contributed by atoms with Crippen LogP contribution in [-0.4, -0.2) is 27.2 Å². The van der Waals surface area contributed by atoms with Crippen molar-refractivity contribution in [3.8, 4) is 0 Å². The van der Waals surface area contributed by atoms with E-state index in [2.05, 4.69) is 20.7 Å². The lowest BCUT2D eigenvalue weighted by Gasteiger charge is -2.37. The second-order valence-electron chi connectivity index (χ2n) is 7.14. The van der Waals surface area contributed by atoms with Gasteiger partial charge < -0.3 is 10.6 Å². The molecule has 0 aliphatic carbocycles. The Balaban J connectivity index is 1.78. The van der Waals surface area contributed by atoms with Crippen molar-refractivity contribution in [1.82, 2.24) is 20.1 Å². The van der Waals surface area contributed by atoms with Gasteiger partial charge in [0.05, 0.1) is 17.5 Å². The Hall–Kier alpha value is -3.55. The molecule has 3 heterocycles. The highest BCUT2D eigenvalue weighted by Gasteiger charge is 2.40. The summed E-state index contributed by atoms with van der Waals surface area (Å²) in [6, 6.07) is 8.47. The Morgan fingerprint density at radius 3 is 2.66 bits per heavy atom. The maximum Gasteiger partial charge on any atom is 0.252 e. The molecule has 0 fully saturated rings. The molecule has 0 spiro atoms. The van der Waals surface area contributed by atoms with Crippen LogP contribution in [-0.2, 0) is 7.05 Å². The van der Waals surface area contributed by atoms with Crippen LogP contribution in [0.25, 0.3) is 5.57 Å². The van der Waals surface area contributed by atoms with Crippen LogP contribution in [0.2, 0.25) is 0 Å². The number of anilines is 1. The summed E-state index contributed by atoms with van der Waals surface area (Å²) in [6.07, 6.45) is 3.40. The van der Waals surface area contributed by atoms with Crippen LogP contribution >= 0.6 is 0 Å².